The van der Waals surface area contributed by atoms with E-state index in [1.807, 2.05) is 0 Å². The van der Waals surface area contributed by atoms with Crippen molar-refractivity contribution in [3.8, 4) is 0 Å². The van der Waals surface area contributed by atoms with Crippen LogP contribution < -0.4 is 4.90 Å². The van der Waals surface area contributed by atoms with Crippen molar-refractivity contribution in [1.82, 2.24) is 9.55 Å². The van der Waals surface area contributed by atoms with E-state index < -0.39 is 0 Å². The number of para-hydroxylation sites is 1. The third kappa shape index (κ3) is 2.94. The molecule has 4 heteroatoms. The van der Waals surface area contributed by atoms with Crippen LogP contribution in [0.1, 0.15) is 18.3 Å². The fraction of sp³-hybridized carbons (Fsp3) is 0.292. The number of benzene rings is 3. The van der Waals surface area contributed by atoms with Crippen LogP contribution in [0, 0.1) is 0 Å². The van der Waals surface area contributed by atoms with E-state index in [0.29, 0.717) is 0 Å². The summed E-state index contributed by atoms with van der Waals surface area (Å²) in [6.45, 7) is 6.46. The van der Waals surface area contributed by atoms with Crippen molar-refractivity contribution in [2.24, 2.45) is 0 Å². The molecular weight excluding hydrogens is 346 g/mol. The second-order valence-corrected chi connectivity index (χ2v) is 7.35. The molecule has 0 saturated carbocycles. The lowest BCUT2D eigenvalue weighted by molar-refractivity contribution is 0.123. The number of anilines is 1. The Morgan fingerprint density at radius 3 is 2.57 bits per heavy atom. The molecular formula is C24H25N3O. The summed E-state index contributed by atoms with van der Waals surface area (Å²) in [4.78, 5) is 7.47. The molecule has 0 N–H and O–H groups in total. The molecule has 1 aliphatic rings. The standard InChI is InChI=1S/C24H25N3O/c1-2-23-25-24-21(26-13-15-28-16-14-26)11-6-12-22(24)27(23)17-19-9-5-8-18-7-3-4-10-20(18)19/h3-12H,2,13-17H2,1H3. The maximum absolute atomic E-state index is 5.54. The molecule has 0 spiro atoms. The Balaban J connectivity index is 1.62. The second-order valence-electron chi connectivity index (χ2n) is 7.35. The number of morpholine rings is 1. The molecule has 0 aliphatic carbocycles. The first kappa shape index (κ1) is 17.3. The lowest BCUT2D eigenvalue weighted by atomic mass is 10.0. The van der Waals surface area contributed by atoms with Gasteiger partial charge < -0.3 is 14.2 Å². The average Bonchev–Trinajstić information content (AvgIpc) is 3.12. The zero-order valence-corrected chi connectivity index (χ0v) is 16.3. The first-order chi connectivity index (χ1) is 13.8. The Morgan fingerprint density at radius 1 is 0.929 bits per heavy atom. The maximum Gasteiger partial charge on any atom is 0.112 e. The van der Waals surface area contributed by atoms with E-state index in [9.17, 15) is 0 Å². The number of fused-ring (bicyclic) bond motifs is 2. The van der Waals surface area contributed by atoms with Crippen LogP contribution >= 0.6 is 0 Å². The fourth-order valence-corrected chi connectivity index (χ4v) is 4.29. The first-order valence-electron chi connectivity index (χ1n) is 10.1. The summed E-state index contributed by atoms with van der Waals surface area (Å²) in [5.74, 6) is 1.14. The van der Waals surface area contributed by atoms with Gasteiger partial charge in [-0.2, -0.15) is 0 Å². The molecule has 1 aromatic heterocycles. The normalized spacial score (nSPS) is 14.8. The van der Waals surface area contributed by atoms with Gasteiger partial charge in [0.15, 0.2) is 0 Å². The number of hydrogen-bond donors (Lipinski definition) is 0. The number of ether oxygens (including phenoxy) is 1. The molecule has 0 amide bonds. The van der Waals surface area contributed by atoms with Crippen LogP contribution in [0.3, 0.4) is 0 Å². The predicted octanol–water partition coefficient (Wildman–Crippen LogP) is 4.64. The number of aromatic nitrogens is 2. The quantitative estimate of drug-likeness (QED) is 0.524. The molecule has 0 unspecified atom stereocenters. The third-order valence-electron chi connectivity index (χ3n) is 5.71. The molecule has 4 nitrogen and oxygen atoms in total. The zero-order chi connectivity index (χ0) is 18.9. The maximum atomic E-state index is 5.54. The molecule has 0 atom stereocenters. The van der Waals surface area contributed by atoms with Crippen molar-refractivity contribution < 1.29 is 4.74 Å². The zero-order valence-electron chi connectivity index (χ0n) is 16.3. The summed E-state index contributed by atoms with van der Waals surface area (Å²) in [6.07, 6.45) is 0.919. The minimum Gasteiger partial charge on any atom is -0.378 e. The fourth-order valence-electron chi connectivity index (χ4n) is 4.29. The Hall–Kier alpha value is -2.85. The number of aryl methyl sites for hydroxylation is 1. The molecule has 3 aromatic carbocycles. The van der Waals surface area contributed by atoms with Gasteiger partial charge in [0.1, 0.15) is 11.3 Å². The van der Waals surface area contributed by atoms with Crippen molar-refractivity contribution in [1.29, 1.82) is 0 Å². The van der Waals surface area contributed by atoms with E-state index in [4.69, 9.17) is 9.72 Å². The minimum absolute atomic E-state index is 0.785. The van der Waals surface area contributed by atoms with Crippen molar-refractivity contribution in [2.75, 3.05) is 31.2 Å². The number of rotatable bonds is 4. The number of imidazole rings is 1. The smallest absolute Gasteiger partial charge is 0.112 e. The van der Waals surface area contributed by atoms with Crippen LogP contribution in [0.5, 0.6) is 0 Å². The van der Waals surface area contributed by atoms with Crippen LogP contribution in [-0.4, -0.2) is 35.9 Å². The highest BCUT2D eigenvalue weighted by Gasteiger charge is 2.18. The Labute approximate surface area is 165 Å². The van der Waals surface area contributed by atoms with E-state index in [1.54, 1.807) is 0 Å². The largest absolute Gasteiger partial charge is 0.378 e. The van der Waals surface area contributed by atoms with E-state index >= 15 is 0 Å². The Kier molecular flexibility index (Phi) is 4.49. The van der Waals surface area contributed by atoms with E-state index in [-0.39, 0.29) is 0 Å². The number of hydrogen-bond acceptors (Lipinski definition) is 3. The van der Waals surface area contributed by atoms with Crippen molar-refractivity contribution >= 4 is 27.5 Å². The first-order valence-corrected chi connectivity index (χ1v) is 10.1. The second kappa shape index (κ2) is 7.28. The highest BCUT2D eigenvalue weighted by atomic mass is 16.5. The predicted molar refractivity (Wildman–Crippen MR) is 115 cm³/mol. The molecule has 0 radical (unpaired) electrons. The van der Waals surface area contributed by atoms with Gasteiger partial charge in [-0.05, 0) is 28.5 Å². The summed E-state index contributed by atoms with van der Waals surface area (Å²) in [5, 5.41) is 2.61. The molecule has 5 rings (SSSR count). The van der Waals surface area contributed by atoms with E-state index in [0.717, 1.165) is 50.6 Å². The molecule has 1 saturated heterocycles. The van der Waals surface area contributed by atoms with Gasteiger partial charge >= 0.3 is 0 Å². The van der Waals surface area contributed by atoms with E-state index in [2.05, 4.69) is 77.1 Å². The lowest BCUT2D eigenvalue weighted by Gasteiger charge is -2.29. The van der Waals surface area contributed by atoms with Crippen LogP contribution in [0.2, 0.25) is 0 Å². The van der Waals surface area contributed by atoms with Gasteiger partial charge in [0, 0.05) is 26.1 Å². The summed E-state index contributed by atoms with van der Waals surface area (Å²) in [7, 11) is 0. The van der Waals surface area contributed by atoms with Gasteiger partial charge in [-0.25, -0.2) is 4.98 Å². The van der Waals surface area contributed by atoms with E-state index in [1.165, 1.54) is 27.5 Å². The van der Waals surface area contributed by atoms with Crippen molar-refractivity contribution in [3.05, 3.63) is 72.1 Å². The molecule has 2 heterocycles. The Bertz CT molecular complexity index is 1120. The minimum atomic E-state index is 0.785. The third-order valence-corrected chi connectivity index (χ3v) is 5.71. The molecule has 1 fully saturated rings. The van der Waals surface area contributed by atoms with Gasteiger partial charge in [-0.15, -0.1) is 0 Å². The van der Waals surface area contributed by atoms with Crippen LogP contribution in [-0.2, 0) is 17.7 Å². The summed E-state index contributed by atoms with van der Waals surface area (Å²) in [6, 6.07) is 21.8. The van der Waals surface area contributed by atoms with Gasteiger partial charge in [0.25, 0.3) is 0 Å². The van der Waals surface area contributed by atoms with Crippen LogP contribution in [0.4, 0.5) is 5.69 Å². The topological polar surface area (TPSA) is 30.3 Å². The molecule has 28 heavy (non-hydrogen) atoms. The van der Waals surface area contributed by atoms with Gasteiger partial charge in [-0.3, -0.25) is 0 Å². The van der Waals surface area contributed by atoms with Crippen LogP contribution in [0.15, 0.2) is 60.7 Å². The average molecular weight is 371 g/mol. The molecule has 0 bridgehead atoms. The Morgan fingerprint density at radius 2 is 1.71 bits per heavy atom. The lowest BCUT2D eigenvalue weighted by Crippen LogP contribution is -2.36. The summed E-state index contributed by atoms with van der Waals surface area (Å²) >= 11 is 0. The summed E-state index contributed by atoms with van der Waals surface area (Å²) < 4.78 is 7.93. The van der Waals surface area contributed by atoms with Gasteiger partial charge in [0.05, 0.1) is 24.4 Å². The highest BCUT2D eigenvalue weighted by molar-refractivity contribution is 5.90. The van der Waals surface area contributed by atoms with Crippen LogP contribution in [0.25, 0.3) is 21.8 Å². The molecule has 142 valence electrons. The van der Waals surface area contributed by atoms with Gasteiger partial charge in [0.2, 0.25) is 0 Å². The SMILES string of the molecule is CCc1nc2c(N3CCOCC3)cccc2n1Cc1cccc2ccccc12. The van der Waals surface area contributed by atoms with Gasteiger partial charge in [-0.1, -0.05) is 55.5 Å². The molecule has 4 aromatic rings. The highest BCUT2D eigenvalue weighted by Crippen LogP contribution is 2.29. The number of nitrogens with zero attached hydrogens (tertiary/aromatic N) is 3. The summed E-state index contributed by atoms with van der Waals surface area (Å²) in [5.41, 5.74) is 4.89. The molecule has 1 aliphatic heterocycles. The van der Waals surface area contributed by atoms with Crippen molar-refractivity contribution in [2.45, 2.75) is 19.9 Å². The monoisotopic (exact) mass is 371 g/mol. The van der Waals surface area contributed by atoms with Crippen molar-refractivity contribution in [3.63, 3.8) is 0 Å².